The molecule has 1 fully saturated rings. The zero-order valence-electron chi connectivity index (χ0n) is 21.6. The number of nitrogens with one attached hydrogen (secondary N) is 1. The van der Waals surface area contributed by atoms with Crippen molar-refractivity contribution in [3.05, 3.63) is 58.6 Å². The Kier molecular flexibility index (Phi) is 8.64. The van der Waals surface area contributed by atoms with Crippen LogP contribution in [0.25, 0.3) is 10.6 Å². The number of rotatable bonds is 8. The minimum atomic E-state index is -4.63. The van der Waals surface area contributed by atoms with Crippen LogP contribution in [0.3, 0.4) is 0 Å². The van der Waals surface area contributed by atoms with Gasteiger partial charge in [0.25, 0.3) is 5.91 Å². The molecular formula is C26H30F3N5O3S. The first-order valence-corrected chi connectivity index (χ1v) is 13.1. The molecule has 1 saturated heterocycles. The van der Waals surface area contributed by atoms with E-state index < -0.39 is 23.9 Å². The van der Waals surface area contributed by atoms with E-state index in [9.17, 15) is 18.0 Å². The van der Waals surface area contributed by atoms with Gasteiger partial charge < -0.3 is 14.8 Å². The molecule has 1 aliphatic rings. The highest BCUT2D eigenvalue weighted by Crippen LogP contribution is 2.30. The first-order valence-electron chi connectivity index (χ1n) is 12.3. The smallest absolute Gasteiger partial charge is 0.451 e. The van der Waals surface area contributed by atoms with Gasteiger partial charge in [0.05, 0.1) is 12.6 Å². The Morgan fingerprint density at radius 3 is 2.55 bits per heavy atom. The summed E-state index contributed by atoms with van der Waals surface area (Å²) < 4.78 is 50.3. The summed E-state index contributed by atoms with van der Waals surface area (Å²) in [5.41, 5.74) is 1.40. The lowest BCUT2D eigenvalue weighted by molar-refractivity contribution is -0.145. The van der Waals surface area contributed by atoms with Gasteiger partial charge in [-0.05, 0) is 45.9 Å². The second-order valence-corrected chi connectivity index (χ2v) is 10.7. The van der Waals surface area contributed by atoms with E-state index in [4.69, 9.17) is 9.47 Å². The second-order valence-electron chi connectivity index (χ2n) is 9.45. The molecule has 0 saturated carbocycles. The molecule has 4 rings (SSSR count). The number of alkyl halides is 3. The van der Waals surface area contributed by atoms with Crippen LogP contribution in [0.15, 0.2) is 36.8 Å². The molecule has 2 aromatic heterocycles. The molecule has 8 nitrogen and oxygen atoms in total. The highest BCUT2D eigenvalue weighted by molar-refractivity contribution is 7.14. The number of aryl methyl sites for hydroxylation is 1. The molecule has 2 atom stereocenters. The summed E-state index contributed by atoms with van der Waals surface area (Å²) in [6.07, 6.45) is -0.847. The molecule has 0 bridgehead atoms. The number of morpholine rings is 1. The Hall–Kier alpha value is -3.09. The molecule has 0 radical (unpaired) electrons. The third-order valence-corrected chi connectivity index (χ3v) is 7.11. The fourth-order valence-electron chi connectivity index (χ4n) is 4.00. The van der Waals surface area contributed by atoms with Gasteiger partial charge in [0, 0.05) is 59.3 Å². The van der Waals surface area contributed by atoms with Crippen molar-refractivity contribution in [2.24, 2.45) is 0 Å². The van der Waals surface area contributed by atoms with Gasteiger partial charge in [-0.1, -0.05) is 0 Å². The first kappa shape index (κ1) is 27.9. The summed E-state index contributed by atoms with van der Waals surface area (Å²) in [7, 11) is 0. The molecule has 0 aliphatic carbocycles. The van der Waals surface area contributed by atoms with Gasteiger partial charge in [0.15, 0.2) is 0 Å². The maximum absolute atomic E-state index is 13.2. The number of halogens is 3. The lowest BCUT2D eigenvalue weighted by Gasteiger charge is -2.35. The number of nitrogens with zero attached hydrogens (tertiary/aromatic N) is 4. The standard InChI is InChI=1S/C26H30F3N5O3S/c1-15(2)34-5-6-36-22(13-34)14-37-21-8-18(7-19(9-21)24-30-10-16(3)38-24)23(35)33-17(4)20-11-31-25(32-12-20)26(27,28)29/h7-12,15,17,22H,5-6,13-14H2,1-4H3,(H,33,35)/t17-,22+/m1/s1. The SMILES string of the molecule is Cc1cnc(-c2cc(OC[C@@H]3CN(C(C)C)CCO3)cc(C(=O)N[C@H](C)c3cnc(C(F)(F)F)nc3)c2)s1. The van der Waals surface area contributed by atoms with Crippen LogP contribution in [0.2, 0.25) is 0 Å². The predicted molar refractivity (Wildman–Crippen MR) is 137 cm³/mol. The van der Waals surface area contributed by atoms with Crippen molar-refractivity contribution in [1.82, 2.24) is 25.2 Å². The molecule has 0 spiro atoms. The van der Waals surface area contributed by atoms with Crippen LogP contribution < -0.4 is 10.1 Å². The summed E-state index contributed by atoms with van der Waals surface area (Å²) in [6.45, 7) is 10.5. The first-order chi connectivity index (χ1) is 18.0. The maximum atomic E-state index is 13.2. The number of carbonyl (C=O) groups excluding carboxylic acids is 1. The summed E-state index contributed by atoms with van der Waals surface area (Å²) in [4.78, 5) is 27.7. The predicted octanol–water partition coefficient (Wildman–Crippen LogP) is 4.91. The average Bonchev–Trinajstić information content (AvgIpc) is 3.33. The van der Waals surface area contributed by atoms with Crippen molar-refractivity contribution in [2.75, 3.05) is 26.3 Å². The molecule has 1 N–H and O–H groups in total. The van der Waals surface area contributed by atoms with Gasteiger partial charge in [0.2, 0.25) is 5.82 Å². The number of aromatic nitrogens is 3. The lowest BCUT2D eigenvalue weighted by Crippen LogP contribution is -2.47. The number of thiazole rings is 1. The third kappa shape index (κ3) is 7.06. The zero-order chi connectivity index (χ0) is 27.4. The van der Waals surface area contributed by atoms with Crippen molar-refractivity contribution in [1.29, 1.82) is 0 Å². The molecular weight excluding hydrogens is 519 g/mol. The number of hydrogen-bond acceptors (Lipinski definition) is 8. The summed E-state index contributed by atoms with van der Waals surface area (Å²) >= 11 is 1.50. The summed E-state index contributed by atoms with van der Waals surface area (Å²) in [5, 5.41) is 3.54. The highest BCUT2D eigenvalue weighted by Gasteiger charge is 2.34. The van der Waals surface area contributed by atoms with Crippen LogP contribution in [0.4, 0.5) is 13.2 Å². The Morgan fingerprint density at radius 2 is 1.92 bits per heavy atom. The molecule has 38 heavy (non-hydrogen) atoms. The van der Waals surface area contributed by atoms with E-state index in [1.807, 2.05) is 13.0 Å². The van der Waals surface area contributed by atoms with Gasteiger partial charge in [0.1, 0.15) is 23.5 Å². The van der Waals surface area contributed by atoms with Crippen molar-refractivity contribution in [3.63, 3.8) is 0 Å². The van der Waals surface area contributed by atoms with Crippen LogP contribution in [0.1, 0.15) is 53.4 Å². The van der Waals surface area contributed by atoms with E-state index in [1.54, 1.807) is 25.3 Å². The van der Waals surface area contributed by atoms with Crippen LogP contribution in [0, 0.1) is 6.92 Å². The number of carbonyl (C=O) groups is 1. The quantitative estimate of drug-likeness (QED) is 0.427. The molecule has 0 unspecified atom stereocenters. The molecule has 3 aromatic rings. The van der Waals surface area contributed by atoms with Gasteiger partial charge in [-0.25, -0.2) is 15.0 Å². The van der Waals surface area contributed by atoms with Gasteiger partial charge in [-0.2, -0.15) is 13.2 Å². The Balaban J connectivity index is 1.51. The Labute approximate surface area is 223 Å². The van der Waals surface area contributed by atoms with Gasteiger partial charge >= 0.3 is 6.18 Å². The molecule has 3 heterocycles. The fourth-order valence-corrected chi connectivity index (χ4v) is 4.75. The minimum absolute atomic E-state index is 0.103. The van der Waals surface area contributed by atoms with Crippen LogP contribution in [0.5, 0.6) is 5.75 Å². The number of amides is 1. The van der Waals surface area contributed by atoms with Crippen molar-refractivity contribution in [2.45, 2.75) is 52.1 Å². The fraction of sp³-hybridized carbons (Fsp3) is 0.462. The zero-order valence-corrected chi connectivity index (χ0v) is 22.4. The van der Waals surface area contributed by atoms with Crippen molar-refractivity contribution in [3.8, 4) is 16.3 Å². The maximum Gasteiger partial charge on any atom is 0.451 e. The molecule has 1 aliphatic heterocycles. The highest BCUT2D eigenvalue weighted by atomic mass is 32.1. The monoisotopic (exact) mass is 549 g/mol. The minimum Gasteiger partial charge on any atom is -0.491 e. The van der Waals surface area contributed by atoms with E-state index in [2.05, 4.69) is 39.0 Å². The second kappa shape index (κ2) is 11.7. The number of hydrogen-bond donors (Lipinski definition) is 1. The Morgan fingerprint density at radius 1 is 1.18 bits per heavy atom. The normalized spacial score (nSPS) is 17.4. The molecule has 12 heteroatoms. The van der Waals surface area contributed by atoms with Crippen LogP contribution in [-0.2, 0) is 10.9 Å². The largest absolute Gasteiger partial charge is 0.491 e. The Bertz CT molecular complexity index is 1250. The van der Waals surface area contributed by atoms with Crippen molar-refractivity contribution >= 4 is 17.2 Å². The van der Waals surface area contributed by atoms with E-state index in [1.165, 1.54) is 11.3 Å². The number of ether oxygens (including phenoxy) is 2. The molecule has 204 valence electrons. The van der Waals surface area contributed by atoms with E-state index >= 15 is 0 Å². The van der Waals surface area contributed by atoms with E-state index in [-0.39, 0.29) is 6.10 Å². The third-order valence-electron chi connectivity index (χ3n) is 6.15. The average molecular weight is 550 g/mol. The topological polar surface area (TPSA) is 89.5 Å². The van der Waals surface area contributed by atoms with Crippen molar-refractivity contribution < 1.29 is 27.4 Å². The van der Waals surface area contributed by atoms with E-state index in [0.717, 1.165) is 40.9 Å². The van der Waals surface area contributed by atoms with Gasteiger partial charge in [-0.3, -0.25) is 9.69 Å². The molecule has 1 amide bonds. The van der Waals surface area contributed by atoms with Gasteiger partial charge in [-0.15, -0.1) is 11.3 Å². The lowest BCUT2D eigenvalue weighted by atomic mass is 10.1. The summed E-state index contributed by atoms with van der Waals surface area (Å²) in [5.74, 6) is -1.15. The molecule has 1 aromatic carbocycles. The number of benzene rings is 1. The van der Waals surface area contributed by atoms with Crippen LogP contribution >= 0.6 is 11.3 Å². The summed E-state index contributed by atoms with van der Waals surface area (Å²) in [6, 6.07) is 4.97. The van der Waals surface area contributed by atoms with E-state index in [0.29, 0.717) is 36.1 Å². The van der Waals surface area contributed by atoms with Crippen LogP contribution in [-0.4, -0.2) is 64.2 Å².